The number of esters is 2. The van der Waals surface area contributed by atoms with Gasteiger partial charge in [0, 0.05) is 12.8 Å². The summed E-state index contributed by atoms with van der Waals surface area (Å²) in [5.41, 5.74) is 0. The fraction of sp³-hybridized carbons (Fsp3) is 0.673. The van der Waals surface area contributed by atoms with E-state index in [1.807, 2.05) is 12.2 Å². The third-order valence-corrected chi connectivity index (χ3v) is 10.7. The number of aliphatic hydroxyl groups excluding tert-OH is 3. The molecule has 0 aliphatic carbocycles. The van der Waals surface area contributed by atoms with E-state index < -0.39 is 71.2 Å². The highest BCUT2D eigenvalue weighted by Gasteiger charge is 2.46. The molecule has 0 aromatic heterocycles. The van der Waals surface area contributed by atoms with Gasteiger partial charge in [0.05, 0.1) is 6.61 Å². The van der Waals surface area contributed by atoms with Crippen molar-refractivity contribution in [3.8, 4) is 0 Å². The highest BCUT2D eigenvalue weighted by molar-refractivity contribution is 7.85. The summed E-state index contributed by atoms with van der Waals surface area (Å²) in [5, 5.41) is 30.9. The van der Waals surface area contributed by atoms with Crippen molar-refractivity contribution < 1.29 is 56.8 Å². The molecule has 1 aliphatic rings. The van der Waals surface area contributed by atoms with Crippen LogP contribution in [0.4, 0.5) is 0 Å². The van der Waals surface area contributed by atoms with Gasteiger partial charge >= 0.3 is 11.9 Å². The third kappa shape index (κ3) is 32.5. The van der Waals surface area contributed by atoms with Crippen LogP contribution in [0.25, 0.3) is 0 Å². The second-order valence-electron chi connectivity index (χ2n) is 15.7. The van der Waals surface area contributed by atoms with Gasteiger partial charge in [0.25, 0.3) is 10.1 Å². The van der Waals surface area contributed by atoms with Crippen LogP contribution in [0.15, 0.2) is 85.1 Å². The van der Waals surface area contributed by atoms with Crippen molar-refractivity contribution >= 4 is 22.1 Å². The topological polar surface area (TPSA) is 186 Å². The van der Waals surface area contributed by atoms with E-state index in [4.69, 9.17) is 18.9 Å². The molecule has 0 radical (unpaired) electrons. The lowest BCUT2D eigenvalue weighted by Crippen LogP contribution is -2.60. The summed E-state index contributed by atoms with van der Waals surface area (Å²) in [6.07, 6.45) is 40.7. The Bertz CT molecular complexity index is 1460. The molecule has 0 aromatic carbocycles. The van der Waals surface area contributed by atoms with Crippen LogP contribution in [-0.2, 0) is 38.7 Å². The maximum absolute atomic E-state index is 12.8. The van der Waals surface area contributed by atoms with Gasteiger partial charge in [-0.2, -0.15) is 8.42 Å². The molecule has 1 fully saturated rings. The zero-order chi connectivity index (χ0) is 45.5. The fourth-order valence-electron chi connectivity index (χ4n) is 6.40. The van der Waals surface area contributed by atoms with Crippen molar-refractivity contribution in [1.82, 2.24) is 0 Å². The van der Waals surface area contributed by atoms with Gasteiger partial charge in [-0.05, 0) is 77.0 Å². The Balaban J connectivity index is 2.50. The predicted molar refractivity (Wildman–Crippen MR) is 247 cm³/mol. The van der Waals surface area contributed by atoms with Crippen LogP contribution in [0.5, 0.6) is 0 Å². The van der Waals surface area contributed by atoms with Gasteiger partial charge in [-0.1, -0.05) is 150 Å². The Labute approximate surface area is 373 Å². The quantitative estimate of drug-likeness (QED) is 0.0201. The summed E-state index contributed by atoms with van der Waals surface area (Å²) in [6.45, 7) is 3.56. The number of carbonyl (C=O) groups excluding carboxylic acids is 2. The Morgan fingerprint density at radius 1 is 0.565 bits per heavy atom. The molecule has 1 saturated heterocycles. The van der Waals surface area contributed by atoms with E-state index in [-0.39, 0.29) is 19.4 Å². The normalized spacial score (nSPS) is 20.6. The first-order valence-corrected chi connectivity index (χ1v) is 24.8. The molecule has 62 heavy (non-hydrogen) atoms. The average molecular weight is 893 g/mol. The van der Waals surface area contributed by atoms with Crippen molar-refractivity contribution in [1.29, 1.82) is 0 Å². The lowest BCUT2D eigenvalue weighted by atomic mass is 10.00. The summed E-state index contributed by atoms with van der Waals surface area (Å²) in [7, 11) is -4.62. The van der Waals surface area contributed by atoms with Gasteiger partial charge in [0.2, 0.25) is 0 Å². The van der Waals surface area contributed by atoms with Crippen LogP contribution >= 0.6 is 0 Å². The molecule has 1 rings (SSSR count). The van der Waals surface area contributed by atoms with Crippen LogP contribution in [0, 0.1) is 0 Å². The van der Waals surface area contributed by atoms with E-state index >= 15 is 0 Å². The first kappa shape index (κ1) is 56.8. The molecule has 6 atom stereocenters. The van der Waals surface area contributed by atoms with Gasteiger partial charge < -0.3 is 34.3 Å². The maximum atomic E-state index is 12.8. The van der Waals surface area contributed by atoms with Gasteiger partial charge in [0.1, 0.15) is 36.8 Å². The van der Waals surface area contributed by atoms with E-state index in [0.29, 0.717) is 12.8 Å². The first-order chi connectivity index (χ1) is 30.0. The Morgan fingerprint density at radius 3 is 1.58 bits per heavy atom. The number of hydrogen-bond donors (Lipinski definition) is 4. The number of aliphatic hydroxyl groups is 3. The van der Waals surface area contributed by atoms with E-state index in [9.17, 15) is 37.9 Å². The van der Waals surface area contributed by atoms with E-state index in [1.54, 1.807) is 0 Å². The molecule has 2 unspecified atom stereocenters. The van der Waals surface area contributed by atoms with Crippen molar-refractivity contribution in [2.45, 2.75) is 192 Å². The van der Waals surface area contributed by atoms with Gasteiger partial charge in [-0.3, -0.25) is 14.1 Å². The largest absolute Gasteiger partial charge is 0.462 e. The van der Waals surface area contributed by atoms with Gasteiger partial charge in [-0.25, -0.2) is 0 Å². The van der Waals surface area contributed by atoms with Crippen LogP contribution < -0.4 is 0 Å². The molecule has 4 N–H and O–H groups in total. The second-order valence-corrected chi connectivity index (χ2v) is 17.2. The van der Waals surface area contributed by atoms with Crippen LogP contribution in [0.2, 0.25) is 0 Å². The van der Waals surface area contributed by atoms with Crippen molar-refractivity contribution in [2.75, 3.05) is 19.0 Å². The number of ether oxygens (including phenoxy) is 4. The molecular weight excluding hydrogens is 813 g/mol. The Morgan fingerprint density at radius 2 is 1.05 bits per heavy atom. The zero-order valence-electron chi connectivity index (χ0n) is 37.7. The molecule has 0 aromatic rings. The van der Waals surface area contributed by atoms with Crippen LogP contribution in [-0.4, -0.2) is 96.0 Å². The second kappa shape index (κ2) is 38.3. The summed E-state index contributed by atoms with van der Waals surface area (Å²) in [6, 6.07) is 0. The molecule has 13 heteroatoms. The highest BCUT2D eigenvalue weighted by atomic mass is 32.2. The number of hydrogen-bond acceptors (Lipinski definition) is 11. The van der Waals surface area contributed by atoms with Gasteiger partial charge in [0.15, 0.2) is 12.4 Å². The maximum Gasteiger partial charge on any atom is 0.306 e. The minimum absolute atomic E-state index is 0.0877. The molecule has 0 saturated carbocycles. The molecule has 0 amide bonds. The zero-order valence-corrected chi connectivity index (χ0v) is 38.5. The first-order valence-electron chi connectivity index (χ1n) is 23.1. The lowest BCUT2D eigenvalue weighted by molar-refractivity contribution is -0.297. The molecule has 0 spiro atoms. The third-order valence-electron chi connectivity index (χ3n) is 9.97. The van der Waals surface area contributed by atoms with E-state index in [2.05, 4.69) is 86.8 Å². The predicted octanol–water partition coefficient (Wildman–Crippen LogP) is 9.67. The number of carbonyl (C=O) groups is 2. The number of allylic oxidation sites excluding steroid dienone is 14. The molecule has 12 nitrogen and oxygen atoms in total. The standard InChI is InChI=1S/C49H80O12S/c1-3-5-7-9-11-13-15-17-19-20-21-22-24-25-27-29-31-33-35-37-44(50)58-39-42(40-59-49-48(54)47(53)46(52)43(61-49)41-62(55,56)57)60-45(51)38-36-34-32-30-28-26-23-18-16-14-12-10-8-6-4-2/h5,7,11,13,17-19,21-23,25,27,31,33,42-43,46-49,52-54H,3-4,6,8-10,12,14-16,20,24,26,28-30,32,34-41H2,1-2H3,(H,55,56,57)/b7-5+,13-11+,19-17+,22-21+,23-18+,27-25+,33-31+/t42-,43-,46-,47?,48?,49+/m1/s1. The number of rotatable bonds is 37. The minimum atomic E-state index is -4.62. The average Bonchev–Trinajstić information content (AvgIpc) is 3.24. The van der Waals surface area contributed by atoms with E-state index in [0.717, 1.165) is 77.0 Å². The summed E-state index contributed by atoms with van der Waals surface area (Å²) in [4.78, 5) is 25.4. The highest BCUT2D eigenvalue weighted by Crippen LogP contribution is 2.24. The summed E-state index contributed by atoms with van der Waals surface area (Å²) >= 11 is 0. The Kier molecular flexibility index (Phi) is 35.1. The molecule has 354 valence electrons. The van der Waals surface area contributed by atoms with Crippen molar-refractivity contribution in [2.24, 2.45) is 0 Å². The van der Waals surface area contributed by atoms with Crippen LogP contribution in [0.3, 0.4) is 0 Å². The summed E-state index contributed by atoms with van der Waals surface area (Å²) < 4.78 is 54.0. The van der Waals surface area contributed by atoms with Crippen LogP contribution in [0.1, 0.15) is 155 Å². The minimum Gasteiger partial charge on any atom is -0.462 e. The van der Waals surface area contributed by atoms with E-state index in [1.165, 1.54) is 38.5 Å². The molecule has 1 aliphatic heterocycles. The SMILES string of the molecule is CC/C=C/C/C=C/C/C=C/C/C=C/C/C=C/C/C=C/CCC(=O)OC[C@H](CO[C@H]1O[C@H](CS(=O)(=O)O)[C@@H](O)C(O)C1O)OC(=O)CCCCCCC/C=C/CCCCCCCC. The number of unbranched alkanes of at least 4 members (excludes halogenated alkanes) is 11. The smallest absolute Gasteiger partial charge is 0.306 e. The van der Waals surface area contributed by atoms with Crippen molar-refractivity contribution in [3.63, 3.8) is 0 Å². The fourth-order valence-corrected chi connectivity index (χ4v) is 7.09. The summed E-state index contributed by atoms with van der Waals surface area (Å²) in [5.74, 6) is -2.11. The molecule has 0 bridgehead atoms. The Hall–Kier alpha value is -3.17. The molecule has 1 heterocycles. The monoisotopic (exact) mass is 893 g/mol. The molecular formula is C49H80O12S. The van der Waals surface area contributed by atoms with Crippen molar-refractivity contribution in [3.05, 3.63) is 85.1 Å². The van der Waals surface area contributed by atoms with Gasteiger partial charge in [-0.15, -0.1) is 0 Å². The lowest BCUT2D eigenvalue weighted by Gasteiger charge is -2.40.